The largest absolute Gasteiger partial charge is 0.497 e. The van der Waals surface area contributed by atoms with Gasteiger partial charge in [-0.1, -0.05) is 19.1 Å². The van der Waals surface area contributed by atoms with E-state index in [0.717, 1.165) is 18.7 Å². The Morgan fingerprint density at radius 1 is 1.21 bits per heavy atom. The molecule has 0 aliphatic rings. The van der Waals surface area contributed by atoms with Crippen LogP contribution in [0.1, 0.15) is 18.9 Å². The minimum atomic E-state index is -2.87. The van der Waals surface area contributed by atoms with Crippen molar-refractivity contribution in [1.29, 1.82) is 0 Å². The number of hydrogen-bond donors (Lipinski definition) is 1. The molecule has 0 bridgehead atoms. The minimum absolute atomic E-state index is 0.221. The van der Waals surface area contributed by atoms with Crippen molar-refractivity contribution >= 4 is 9.84 Å². The average Bonchev–Trinajstić information content (AvgIpc) is 2.38. The summed E-state index contributed by atoms with van der Waals surface area (Å²) in [6.45, 7) is 3.18. The quantitative estimate of drug-likeness (QED) is 0.701. The van der Waals surface area contributed by atoms with Crippen LogP contribution in [0.4, 0.5) is 0 Å². The minimum Gasteiger partial charge on any atom is -0.497 e. The van der Waals surface area contributed by atoms with Gasteiger partial charge in [0.25, 0.3) is 0 Å². The summed E-state index contributed by atoms with van der Waals surface area (Å²) >= 11 is 0. The van der Waals surface area contributed by atoms with Crippen LogP contribution in [0.3, 0.4) is 0 Å². The zero-order valence-electron chi connectivity index (χ0n) is 11.7. The van der Waals surface area contributed by atoms with Crippen molar-refractivity contribution in [3.05, 3.63) is 29.8 Å². The highest BCUT2D eigenvalue weighted by molar-refractivity contribution is 7.91. The Bertz CT molecular complexity index is 471. The summed E-state index contributed by atoms with van der Waals surface area (Å²) in [6, 6.07) is 7.90. The molecule has 0 fully saturated rings. The lowest BCUT2D eigenvalue weighted by molar-refractivity contribution is 0.414. The Balaban J connectivity index is 2.24. The van der Waals surface area contributed by atoms with Crippen molar-refractivity contribution in [3.63, 3.8) is 0 Å². The van der Waals surface area contributed by atoms with Crippen LogP contribution < -0.4 is 10.1 Å². The van der Waals surface area contributed by atoms with E-state index in [0.29, 0.717) is 13.0 Å². The van der Waals surface area contributed by atoms with Gasteiger partial charge in [-0.25, -0.2) is 8.42 Å². The van der Waals surface area contributed by atoms with Crippen LogP contribution in [-0.4, -0.2) is 40.1 Å². The fourth-order valence-electron chi connectivity index (χ4n) is 1.83. The lowest BCUT2D eigenvalue weighted by Gasteiger charge is -2.07. The van der Waals surface area contributed by atoms with Crippen LogP contribution in [0, 0.1) is 0 Å². The molecule has 1 aromatic carbocycles. The summed E-state index contributed by atoms with van der Waals surface area (Å²) in [6.07, 6.45) is 1.55. The number of methoxy groups -OCH3 is 1. The molecule has 0 aromatic heterocycles. The normalized spacial score (nSPS) is 11.5. The van der Waals surface area contributed by atoms with E-state index in [4.69, 9.17) is 4.74 Å². The number of nitrogens with one attached hydrogen (secondary N) is 1. The first-order valence-electron chi connectivity index (χ1n) is 6.61. The lowest BCUT2D eigenvalue weighted by Crippen LogP contribution is -2.26. The maximum atomic E-state index is 11.5. The van der Waals surface area contributed by atoms with Gasteiger partial charge in [0.2, 0.25) is 0 Å². The molecule has 1 aromatic rings. The van der Waals surface area contributed by atoms with Gasteiger partial charge < -0.3 is 10.1 Å². The Hall–Kier alpha value is -1.07. The van der Waals surface area contributed by atoms with Crippen LogP contribution in [0.15, 0.2) is 24.3 Å². The standard InChI is InChI=1S/C14H23NO3S/c1-3-10-19(16,17)11-9-15-8-7-13-5-4-6-14(12-13)18-2/h4-6,12,15H,3,7-11H2,1-2H3. The Kier molecular flexibility index (Phi) is 6.87. The summed E-state index contributed by atoms with van der Waals surface area (Å²) in [5.41, 5.74) is 1.18. The summed E-state index contributed by atoms with van der Waals surface area (Å²) < 4.78 is 28.1. The van der Waals surface area contributed by atoms with Crippen LogP contribution in [0.25, 0.3) is 0 Å². The topological polar surface area (TPSA) is 55.4 Å². The second-order valence-corrected chi connectivity index (χ2v) is 6.81. The highest BCUT2D eigenvalue weighted by atomic mass is 32.2. The molecule has 0 saturated carbocycles. The molecule has 1 N–H and O–H groups in total. The summed E-state index contributed by atoms with van der Waals surface area (Å²) in [5.74, 6) is 1.35. The van der Waals surface area contributed by atoms with Gasteiger partial charge in [-0.3, -0.25) is 0 Å². The lowest BCUT2D eigenvalue weighted by atomic mass is 10.1. The number of benzene rings is 1. The fraction of sp³-hybridized carbons (Fsp3) is 0.571. The maximum absolute atomic E-state index is 11.5. The van der Waals surface area contributed by atoms with Crippen molar-refractivity contribution in [2.75, 3.05) is 31.7 Å². The molecule has 0 spiro atoms. The van der Waals surface area contributed by atoms with Gasteiger partial charge in [0.1, 0.15) is 5.75 Å². The van der Waals surface area contributed by atoms with Gasteiger partial charge in [-0.15, -0.1) is 0 Å². The van der Waals surface area contributed by atoms with E-state index < -0.39 is 9.84 Å². The first kappa shape index (κ1) is 16.0. The van der Waals surface area contributed by atoms with E-state index in [2.05, 4.69) is 5.32 Å². The van der Waals surface area contributed by atoms with Crippen molar-refractivity contribution in [3.8, 4) is 5.75 Å². The smallest absolute Gasteiger partial charge is 0.151 e. The third-order valence-corrected chi connectivity index (χ3v) is 4.69. The number of sulfone groups is 1. The van der Waals surface area contributed by atoms with Gasteiger partial charge >= 0.3 is 0 Å². The Morgan fingerprint density at radius 3 is 2.68 bits per heavy atom. The van der Waals surface area contributed by atoms with Crippen molar-refractivity contribution in [2.45, 2.75) is 19.8 Å². The average molecular weight is 285 g/mol. The maximum Gasteiger partial charge on any atom is 0.151 e. The first-order chi connectivity index (χ1) is 9.07. The first-order valence-corrected chi connectivity index (χ1v) is 8.43. The van der Waals surface area contributed by atoms with Gasteiger partial charge in [-0.05, 0) is 37.1 Å². The zero-order valence-corrected chi connectivity index (χ0v) is 12.5. The summed E-state index contributed by atoms with van der Waals surface area (Å²) in [7, 11) is -1.22. The Labute approximate surface area is 116 Å². The molecule has 0 saturated heterocycles. The van der Waals surface area contributed by atoms with Gasteiger partial charge in [0.05, 0.1) is 12.9 Å². The van der Waals surface area contributed by atoms with E-state index in [1.165, 1.54) is 5.56 Å². The fourth-order valence-corrected chi connectivity index (χ4v) is 3.11. The van der Waals surface area contributed by atoms with Crippen molar-refractivity contribution in [2.24, 2.45) is 0 Å². The predicted octanol–water partition coefficient (Wildman–Crippen LogP) is 1.65. The van der Waals surface area contributed by atoms with Gasteiger partial charge in [0.15, 0.2) is 9.84 Å². The molecule has 5 heteroatoms. The SMILES string of the molecule is CCCS(=O)(=O)CCNCCc1cccc(OC)c1. The molecule has 0 aliphatic heterocycles. The highest BCUT2D eigenvalue weighted by Crippen LogP contribution is 2.12. The van der Waals surface area contributed by atoms with E-state index in [1.54, 1.807) is 7.11 Å². The third kappa shape index (κ3) is 6.59. The van der Waals surface area contributed by atoms with Crippen LogP contribution >= 0.6 is 0 Å². The molecule has 0 amide bonds. The van der Waals surface area contributed by atoms with Crippen LogP contribution in [0.2, 0.25) is 0 Å². The molecule has 0 heterocycles. The van der Waals surface area contributed by atoms with Crippen molar-refractivity contribution < 1.29 is 13.2 Å². The number of rotatable bonds is 9. The molecule has 0 radical (unpaired) electrons. The second kappa shape index (κ2) is 8.17. The molecule has 1 rings (SSSR count). The van der Waals surface area contributed by atoms with Gasteiger partial charge in [-0.2, -0.15) is 0 Å². The molecule has 0 unspecified atom stereocenters. The second-order valence-electron chi connectivity index (χ2n) is 4.50. The molecule has 108 valence electrons. The monoisotopic (exact) mass is 285 g/mol. The number of hydrogen-bond acceptors (Lipinski definition) is 4. The van der Waals surface area contributed by atoms with Crippen LogP contribution in [-0.2, 0) is 16.3 Å². The molecule has 4 nitrogen and oxygen atoms in total. The van der Waals surface area contributed by atoms with E-state index in [1.807, 2.05) is 31.2 Å². The molecular formula is C14H23NO3S. The summed E-state index contributed by atoms with van der Waals surface area (Å²) in [4.78, 5) is 0. The molecule has 0 atom stereocenters. The third-order valence-electron chi connectivity index (χ3n) is 2.83. The molecular weight excluding hydrogens is 262 g/mol. The van der Waals surface area contributed by atoms with E-state index >= 15 is 0 Å². The predicted molar refractivity (Wildman–Crippen MR) is 78.5 cm³/mol. The van der Waals surface area contributed by atoms with Crippen molar-refractivity contribution in [1.82, 2.24) is 5.32 Å². The zero-order chi connectivity index (χ0) is 14.1. The number of ether oxygens (including phenoxy) is 1. The summed E-state index contributed by atoms with van der Waals surface area (Å²) in [5, 5.41) is 3.17. The molecule has 0 aliphatic carbocycles. The highest BCUT2D eigenvalue weighted by Gasteiger charge is 2.07. The molecule has 19 heavy (non-hydrogen) atoms. The van der Waals surface area contributed by atoms with Crippen LogP contribution in [0.5, 0.6) is 5.75 Å². The van der Waals surface area contributed by atoms with Gasteiger partial charge in [0, 0.05) is 12.3 Å². The van der Waals surface area contributed by atoms with E-state index in [9.17, 15) is 8.42 Å². The van der Waals surface area contributed by atoms with E-state index in [-0.39, 0.29) is 11.5 Å². The Morgan fingerprint density at radius 2 is 2.00 bits per heavy atom.